The van der Waals surface area contributed by atoms with Crippen LogP contribution in [0.2, 0.25) is 0 Å². The molecule has 21 heavy (non-hydrogen) atoms. The number of nitrogens with zero attached hydrogens (tertiary/aromatic N) is 1. The molecule has 0 radical (unpaired) electrons. The van der Waals surface area contributed by atoms with Gasteiger partial charge in [0.15, 0.2) is 10.9 Å². The number of amides is 1. The quantitative estimate of drug-likeness (QED) is 0.872. The zero-order chi connectivity index (χ0) is 15.6. The predicted molar refractivity (Wildman–Crippen MR) is 85.6 cm³/mol. The Labute approximate surface area is 128 Å². The molecule has 0 saturated heterocycles. The first kappa shape index (κ1) is 15.4. The minimum Gasteiger partial charge on any atom is -0.301 e. The molecule has 1 N–H and O–H groups in total. The molecule has 1 aromatic heterocycles. The van der Waals surface area contributed by atoms with Crippen molar-refractivity contribution >= 4 is 28.2 Å². The summed E-state index contributed by atoms with van der Waals surface area (Å²) in [4.78, 5) is 28.8. The standard InChI is InChI=1S/C16H18N2O2S/c1-10(19)13-12(11-8-6-5-7-9-11)17-15(21-13)18-14(20)16(2,3)4/h5-9H,1-4H3,(H,17,18,20). The number of rotatable bonds is 3. The van der Waals surface area contributed by atoms with Crippen molar-refractivity contribution in [3.63, 3.8) is 0 Å². The number of thiazole rings is 1. The number of anilines is 1. The Hall–Kier alpha value is -2.01. The van der Waals surface area contributed by atoms with Crippen LogP contribution >= 0.6 is 11.3 Å². The van der Waals surface area contributed by atoms with Gasteiger partial charge in [0.2, 0.25) is 5.91 Å². The smallest absolute Gasteiger partial charge is 0.231 e. The van der Waals surface area contributed by atoms with Gasteiger partial charge in [-0.05, 0) is 0 Å². The van der Waals surface area contributed by atoms with Crippen LogP contribution < -0.4 is 5.32 Å². The van der Waals surface area contributed by atoms with Crippen LogP contribution in [0.4, 0.5) is 5.13 Å². The van der Waals surface area contributed by atoms with Crippen LogP contribution in [-0.2, 0) is 4.79 Å². The summed E-state index contributed by atoms with van der Waals surface area (Å²) < 4.78 is 0. The van der Waals surface area contributed by atoms with Crippen molar-refractivity contribution in [2.24, 2.45) is 5.41 Å². The van der Waals surface area contributed by atoms with Gasteiger partial charge in [0.25, 0.3) is 0 Å². The van der Waals surface area contributed by atoms with E-state index in [0.29, 0.717) is 15.7 Å². The highest BCUT2D eigenvalue weighted by Crippen LogP contribution is 2.32. The van der Waals surface area contributed by atoms with E-state index in [2.05, 4.69) is 10.3 Å². The molecule has 5 heteroatoms. The molecule has 0 fully saturated rings. The molecule has 0 aliphatic heterocycles. The fourth-order valence-electron chi connectivity index (χ4n) is 1.69. The molecule has 1 amide bonds. The van der Waals surface area contributed by atoms with Gasteiger partial charge in [-0.1, -0.05) is 62.4 Å². The zero-order valence-electron chi connectivity index (χ0n) is 12.6. The van der Waals surface area contributed by atoms with Crippen LogP contribution in [0.1, 0.15) is 37.4 Å². The highest BCUT2D eigenvalue weighted by molar-refractivity contribution is 7.18. The normalized spacial score (nSPS) is 11.2. The van der Waals surface area contributed by atoms with E-state index >= 15 is 0 Å². The summed E-state index contributed by atoms with van der Waals surface area (Å²) in [6.07, 6.45) is 0. The predicted octanol–water partition coefficient (Wildman–Crippen LogP) is 4.00. The van der Waals surface area contributed by atoms with E-state index in [1.807, 2.05) is 51.1 Å². The number of nitrogens with one attached hydrogen (secondary N) is 1. The first-order valence-corrected chi connectivity index (χ1v) is 7.49. The lowest BCUT2D eigenvalue weighted by Gasteiger charge is -2.15. The molecule has 2 aromatic rings. The van der Waals surface area contributed by atoms with Gasteiger partial charge in [-0.3, -0.25) is 9.59 Å². The second-order valence-corrected chi connectivity index (χ2v) is 6.82. The Morgan fingerprint density at radius 2 is 1.76 bits per heavy atom. The fraction of sp³-hybridized carbons (Fsp3) is 0.312. The summed E-state index contributed by atoms with van der Waals surface area (Å²) in [7, 11) is 0. The van der Waals surface area contributed by atoms with Crippen molar-refractivity contribution in [1.82, 2.24) is 4.98 Å². The molecular formula is C16H18N2O2S. The summed E-state index contributed by atoms with van der Waals surface area (Å²) in [5.74, 6) is -0.173. The molecule has 0 aliphatic rings. The number of carbonyl (C=O) groups is 2. The van der Waals surface area contributed by atoms with Gasteiger partial charge < -0.3 is 5.32 Å². The van der Waals surface area contributed by atoms with Crippen LogP contribution in [0.15, 0.2) is 30.3 Å². The Bertz CT molecular complexity index is 669. The molecule has 1 aromatic carbocycles. The van der Waals surface area contributed by atoms with E-state index in [-0.39, 0.29) is 11.7 Å². The Kier molecular flexibility index (Phi) is 4.23. The number of ketones is 1. The maximum Gasteiger partial charge on any atom is 0.231 e. The first-order chi connectivity index (χ1) is 9.79. The van der Waals surface area contributed by atoms with Gasteiger partial charge in [-0.15, -0.1) is 0 Å². The lowest BCUT2D eigenvalue weighted by Crippen LogP contribution is -2.27. The monoisotopic (exact) mass is 302 g/mol. The summed E-state index contributed by atoms with van der Waals surface area (Å²) in [6.45, 7) is 7.01. The van der Waals surface area contributed by atoms with Gasteiger partial charge in [-0.2, -0.15) is 0 Å². The average molecular weight is 302 g/mol. The molecule has 0 unspecified atom stereocenters. The van der Waals surface area contributed by atoms with E-state index in [1.165, 1.54) is 18.3 Å². The van der Waals surface area contributed by atoms with Gasteiger partial charge in [-0.25, -0.2) is 4.98 Å². The number of hydrogen-bond donors (Lipinski definition) is 1. The first-order valence-electron chi connectivity index (χ1n) is 6.67. The number of benzene rings is 1. The van der Waals surface area contributed by atoms with Crippen LogP contribution in [-0.4, -0.2) is 16.7 Å². The van der Waals surface area contributed by atoms with Crippen LogP contribution in [0.25, 0.3) is 11.3 Å². The minimum atomic E-state index is -0.505. The molecule has 0 aliphatic carbocycles. The van der Waals surface area contributed by atoms with Crippen molar-refractivity contribution in [3.8, 4) is 11.3 Å². The molecule has 0 saturated carbocycles. The van der Waals surface area contributed by atoms with E-state index in [1.54, 1.807) is 0 Å². The minimum absolute atomic E-state index is 0.0531. The number of carbonyl (C=O) groups excluding carboxylic acids is 2. The highest BCUT2D eigenvalue weighted by Gasteiger charge is 2.24. The van der Waals surface area contributed by atoms with Crippen molar-refractivity contribution in [3.05, 3.63) is 35.2 Å². The maximum absolute atomic E-state index is 12.0. The molecule has 4 nitrogen and oxygen atoms in total. The number of Topliss-reactive ketones (excluding diaryl/α,β-unsaturated/α-hetero) is 1. The van der Waals surface area contributed by atoms with Crippen molar-refractivity contribution in [2.75, 3.05) is 5.32 Å². The number of hydrogen-bond acceptors (Lipinski definition) is 4. The van der Waals surface area contributed by atoms with E-state index in [9.17, 15) is 9.59 Å². The highest BCUT2D eigenvalue weighted by atomic mass is 32.1. The summed E-state index contributed by atoms with van der Waals surface area (Å²) in [5.41, 5.74) is 0.988. The van der Waals surface area contributed by atoms with Gasteiger partial charge in [0.1, 0.15) is 0 Å². The summed E-state index contributed by atoms with van der Waals surface area (Å²) in [6, 6.07) is 9.50. The maximum atomic E-state index is 12.0. The summed E-state index contributed by atoms with van der Waals surface area (Å²) >= 11 is 1.21. The van der Waals surface area contributed by atoms with E-state index in [0.717, 1.165) is 5.56 Å². The molecule has 0 bridgehead atoms. The van der Waals surface area contributed by atoms with Crippen molar-refractivity contribution in [2.45, 2.75) is 27.7 Å². The molecule has 0 spiro atoms. The Morgan fingerprint density at radius 3 is 2.29 bits per heavy atom. The van der Waals surface area contributed by atoms with Gasteiger partial charge in [0, 0.05) is 17.9 Å². The van der Waals surface area contributed by atoms with Crippen LogP contribution in [0.3, 0.4) is 0 Å². The van der Waals surface area contributed by atoms with Gasteiger partial charge >= 0.3 is 0 Å². The lowest BCUT2D eigenvalue weighted by atomic mass is 9.96. The van der Waals surface area contributed by atoms with Crippen LogP contribution in [0.5, 0.6) is 0 Å². The lowest BCUT2D eigenvalue weighted by molar-refractivity contribution is -0.123. The Balaban J connectivity index is 2.39. The third kappa shape index (κ3) is 3.55. The SMILES string of the molecule is CC(=O)c1sc(NC(=O)C(C)(C)C)nc1-c1ccccc1. The molecular weight excluding hydrogens is 284 g/mol. The third-order valence-electron chi connectivity index (χ3n) is 2.90. The topological polar surface area (TPSA) is 59.1 Å². The largest absolute Gasteiger partial charge is 0.301 e. The molecule has 1 heterocycles. The van der Waals surface area contributed by atoms with Crippen LogP contribution in [0, 0.1) is 5.41 Å². The van der Waals surface area contributed by atoms with Crippen molar-refractivity contribution in [1.29, 1.82) is 0 Å². The molecule has 2 rings (SSSR count). The summed E-state index contributed by atoms with van der Waals surface area (Å²) in [5, 5.41) is 3.24. The second kappa shape index (κ2) is 5.77. The molecule has 0 atom stereocenters. The third-order valence-corrected chi connectivity index (χ3v) is 3.97. The Morgan fingerprint density at radius 1 is 1.14 bits per heavy atom. The zero-order valence-corrected chi connectivity index (χ0v) is 13.4. The van der Waals surface area contributed by atoms with E-state index < -0.39 is 5.41 Å². The fourth-order valence-corrected chi connectivity index (χ4v) is 2.57. The molecule has 110 valence electrons. The van der Waals surface area contributed by atoms with Crippen molar-refractivity contribution < 1.29 is 9.59 Å². The second-order valence-electron chi connectivity index (χ2n) is 5.82. The van der Waals surface area contributed by atoms with Gasteiger partial charge in [0.05, 0.1) is 10.6 Å². The number of aromatic nitrogens is 1. The average Bonchev–Trinajstić information content (AvgIpc) is 2.83. The van der Waals surface area contributed by atoms with E-state index in [4.69, 9.17) is 0 Å².